The zero-order valence-corrected chi connectivity index (χ0v) is 13.3. The van der Waals surface area contributed by atoms with Gasteiger partial charge in [-0.1, -0.05) is 0 Å². The summed E-state index contributed by atoms with van der Waals surface area (Å²) >= 11 is 1.41. The van der Waals surface area contributed by atoms with Crippen molar-refractivity contribution in [3.63, 3.8) is 0 Å². The summed E-state index contributed by atoms with van der Waals surface area (Å²) in [7, 11) is 1.88. The molecule has 0 bridgehead atoms. The highest BCUT2D eigenvalue weighted by molar-refractivity contribution is 7.21. The van der Waals surface area contributed by atoms with Gasteiger partial charge in [-0.15, -0.1) is 11.3 Å². The van der Waals surface area contributed by atoms with E-state index in [1.165, 1.54) is 24.2 Å². The molecule has 114 valence electrons. The minimum Gasteiger partial charge on any atom is -0.397 e. The van der Waals surface area contributed by atoms with E-state index in [2.05, 4.69) is 15.3 Å². The third kappa shape index (κ3) is 2.63. The van der Waals surface area contributed by atoms with Crippen LogP contribution >= 0.6 is 11.3 Å². The minimum atomic E-state index is -0.0766. The number of nitrogens with zero attached hydrogens (tertiary/aromatic N) is 3. The highest BCUT2D eigenvalue weighted by Gasteiger charge is 2.21. The number of hydrogen-bond acceptors (Lipinski definition) is 5. The maximum atomic E-state index is 12.3. The molecule has 0 unspecified atom stereocenters. The van der Waals surface area contributed by atoms with Gasteiger partial charge in [-0.05, 0) is 32.9 Å². The van der Waals surface area contributed by atoms with Crippen molar-refractivity contribution in [2.45, 2.75) is 19.8 Å². The van der Waals surface area contributed by atoms with Gasteiger partial charge in [-0.2, -0.15) is 5.10 Å². The number of anilines is 1. The molecule has 1 aliphatic heterocycles. The van der Waals surface area contributed by atoms with Gasteiger partial charge in [0.15, 0.2) is 0 Å². The second kappa shape index (κ2) is 5.65. The summed E-state index contributed by atoms with van der Waals surface area (Å²) in [6.45, 7) is 5.79. The van der Waals surface area contributed by atoms with E-state index in [0.29, 0.717) is 17.1 Å². The van der Waals surface area contributed by atoms with Gasteiger partial charge >= 0.3 is 0 Å². The second-order valence-electron chi connectivity index (χ2n) is 5.54. The number of thiophene rings is 1. The molecular weight excluding hydrogens is 286 g/mol. The fourth-order valence-electron chi connectivity index (χ4n) is 2.91. The lowest BCUT2D eigenvalue weighted by Gasteiger charge is -2.14. The molecule has 0 aromatic carbocycles. The first-order valence-corrected chi connectivity index (χ1v) is 8.11. The molecule has 2 aromatic rings. The molecule has 1 aliphatic rings. The predicted octanol–water partition coefficient (Wildman–Crippen LogP) is 1.35. The number of aromatic nitrogens is 2. The SMILES string of the molecule is Cc1nn(C)c2sc(C(=O)NCCN3CCCC3)c(N)c12. The van der Waals surface area contributed by atoms with Crippen molar-refractivity contribution in [3.8, 4) is 0 Å². The maximum absolute atomic E-state index is 12.3. The molecule has 3 rings (SSSR count). The highest BCUT2D eigenvalue weighted by atomic mass is 32.1. The molecule has 0 spiro atoms. The van der Waals surface area contributed by atoms with Crippen LogP contribution in [0.15, 0.2) is 0 Å². The quantitative estimate of drug-likeness (QED) is 0.894. The van der Waals surface area contributed by atoms with Crippen molar-refractivity contribution < 1.29 is 4.79 Å². The normalized spacial score (nSPS) is 15.9. The van der Waals surface area contributed by atoms with Crippen molar-refractivity contribution in [2.24, 2.45) is 7.05 Å². The number of nitrogen functional groups attached to an aromatic ring is 1. The molecule has 1 saturated heterocycles. The standard InChI is InChI=1S/C14H21N5OS/c1-9-10-11(15)12(21-14(10)18(2)17-9)13(20)16-5-8-19-6-3-4-7-19/h3-8,15H2,1-2H3,(H,16,20). The fraction of sp³-hybridized carbons (Fsp3) is 0.571. The monoisotopic (exact) mass is 307 g/mol. The number of nitrogens with two attached hydrogens (primary N) is 1. The Hall–Kier alpha value is -1.60. The number of rotatable bonds is 4. The molecule has 0 saturated carbocycles. The summed E-state index contributed by atoms with van der Waals surface area (Å²) < 4.78 is 1.78. The number of likely N-dealkylation sites (tertiary alicyclic amines) is 1. The lowest BCUT2D eigenvalue weighted by molar-refractivity contribution is 0.0954. The van der Waals surface area contributed by atoms with Crippen LogP contribution in [0.25, 0.3) is 10.2 Å². The van der Waals surface area contributed by atoms with Crippen LogP contribution in [0.5, 0.6) is 0 Å². The van der Waals surface area contributed by atoms with Crippen LogP contribution < -0.4 is 11.1 Å². The first kappa shape index (κ1) is 14.3. The van der Waals surface area contributed by atoms with Gasteiger partial charge in [0.2, 0.25) is 0 Å². The molecule has 3 N–H and O–H groups in total. The lowest BCUT2D eigenvalue weighted by Crippen LogP contribution is -2.33. The van der Waals surface area contributed by atoms with E-state index < -0.39 is 0 Å². The van der Waals surface area contributed by atoms with Gasteiger partial charge < -0.3 is 16.0 Å². The Balaban J connectivity index is 1.69. The van der Waals surface area contributed by atoms with Gasteiger partial charge in [0.1, 0.15) is 9.71 Å². The van der Waals surface area contributed by atoms with Crippen molar-refractivity contribution in [2.75, 3.05) is 31.9 Å². The molecule has 0 aliphatic carbocycles. The molecule has 21 heavy (non-hydrogen) atoms. The zero-order valence-electron chi connectivity index (χ0n) is 12.5. The van der Waals surface area contributed by atoms with Crippen molar-refractivity contribution in [1.82, 2.24) is 20.0 Å². The Morgan fingerprint density at radius 2 is 2.14 bits per heavy atom. The van der Waals surface area contributed by atoms with Crippen LogP contribution in [0.3, 0.4) is 0 Å². The molecule has 7 heteroatoms. The predicted molar refractivity (Wildman–Crippen MR) is 85.7 cm³/mol. The largest absolute Gasteiger partial charge is 0.397 e. The Morgan fingerprint density at radius 1 is 1.43 bits per heavy atom. The molecular formula is C14H21N5OS. The topological polar surface area (TPSA) is 76.2 Å². The summed E-state index contributed by atoms with van der Waals surface area (Å²) in [4.78, 5) is 16.2. The summed E-state index contributed by atoms with van der Waals surface area (Å²) in [5.41, 5.74) is 7.56. The first-order valence-electron chi connectivity index (χ1n) is 7.30. The number of carbonyl (C=O) groups is 1. The smallest absolute Gasteiger partial charge is 0.263 e. The second-order valence-corrected chi connectivity index (χ2v) is 6.54. The summed E-state index contributed by atoms with van der Waals surface area (Å²) in [5, 5.41) is 8.22. The summed E-state index contributed by atoms with van der Waals surface area (Å²) in [6.07, 6.45) is 2.53. The highest BCUT2D eigenvalue weighted by Crippen LogP contribution is 2.35. The number of nitrogens with one attached hydrogen (secondary N) is 1. The van der Waals surface area contributed by atoms with Crippen LogP contribution in [-0.4, -0.2) is 46.8 Å². The van der Waals surface area contributed by atoms with E-state index in [1.54, 1.807) is 4.68 Å². The average Bonchev–Trinajstić information content (AvgIpc) is 3.11. The van der Waals surface area contributed by atoms with E-state index >= 15 is 0 Å². The Labute approximate surface area is 127 Å². The number of hydrogen-bond donors (Lipinski definition) is 2. The van der Waals surface area contributed by atoms with Crippen molar-refractivity contribution in [3.05, 3.63) is 10.6 Å². The molecule has 2 aromatic heterocycles. The third-order valence-corrected chi connectivity index (χ3v) is 5.27. The number of amides is 1. The summed E-state index contributed by atoms with van der Waals surface area (Å²) in [5.74, 6) is -0.0766. The van der Waals surface area contributed by atoms with Crippen molar-refractivity contribution >= 4 is 33.1 Å². The Bertz CT molecular complexity index is 668. The van der Waals surface area contributed by atoms with Gasteiger partial charge in [0, 0.05) is 20.1 Å². The van der Waals surface area contributed by atoms with Crippen LogP contribution in [0.1, 0.15) is 28.2 Å². The third-order valence-electron chi connectivity index (χ3n) is 4.00. The minimum absolute atomic E-state index is 0.0766. The fourth-order valence-corrected chi connectivity index (χ4v) is 4.01. The molecule has 0 atom stereocenters. The van der Waals surface area contributed by atoms with Crippen LogP contribution in [0.4, 0.5) is 5.69 Å². The molecule has 3 heterocycles. The van der Waals surface area contributed by atoms with Crippen molar-refractivity contribution in [1.29, 1.82) is 0 Å². The summed E-state index contributed by atoms with van der Waals surface area (Å²) in [6, 6.07) is 0. The molecule has 1 fully saturated rings. The molecule has 6 nitrogen and oxygen atoms in total. The zero-order chi connectivity index (χ0) is 15.0. The molecule has 0 radical (unpaired) electrons. The van der Waals surface area contributed by atoms with Crippen LogP contribution in [0.2, 0.25) is 0 Å². The number of aryl methyl sites for hydroxylation is 2. The van der Waals surface area contributed by atoms with E-state index in [-0.39, 0.29) is 5.91 Å². The Kier molecular flexibility index (Phi) is 3.86. The van der Waals surface area contributed by atoms with Gasteiger partial charge in [-0.3, -0.25) is 9.48 Å². The maximum Gasteiger partial charge on any atom is 0.263 e. The first-order chi connectivity index (χ1) is 10.1. The number of fused-ring (bicyclic) bond motifs is 1. The molecule has 1 amide bonds. The van der Waals surface area contributed by atoms with Crippen LogP contribution in [-0.2, 0) is 7.05 Å². The van der Waals surface area contributed by atoms with E-state index in [0.717, 1.165) is 35.5 Å². The van der Waals surface area contributed by atoms with E-state index in [1.807, 2.05) is 14.0 Å². The van der Waals surface area contributed by atoms with E-state index in [4.69, 9.17) is 5.73 Å². The van der Waals surface area contributed by atoms with E-state index in [9.17, 15) is 4.79 Å². The average molecular weight is 307 g/mol. The number of carbonyl (C=O) groups excluding carboxylic acids is 1. The lowest BCUT2D eigenvalue weighted by atomic mass is 10.2. The van der Waals surface area contributed by atoms with Gasteiger partial charge in [0.05, 0.1) is 16.8 Å². The van der Waals surface area contributed by atoms with Crippen LogP contribution in [0, 0.1) is 6.92 Å². The van der Waals surface area contributed by atoms with Gasteiger partial charge in [0.25, 0.3) is 5.91 Å². The Morgan fingerprint density at radius 3 is 2.81 bits per heavy atom. The van der Waals surface area contributed by atoms with Gasteiger partial charge in [-0.25, -0.2) is 0 Å².